The number of hydrogen-bond donors (Lipinski definition) is 2. The van der Waals surface area contributed by atoms with E-state index in [9.17, 15) is 4.79 Å². The summed E-state index contributed by atoms with van der Waals surface area (Å²) in [4.78, 5) is 11.8. The molecule has 1 aromatic rings. The lowest BCUT2D eigenvalue weighted by Gasteiger charge is -2.08. The summed E-state index contributed by atoms with van der Waals surface area (Å²) in [6.45, 7) is 2.18. The van der Waals surface area contributed by atoms with E-state index in [0.717, 1.165) is 8.04 Å². The Labute approximate surface area is 117 Å². The van der Waals surface area contributed by atoms with Crippen molar-refractivity contribution in [3.8, 4) is 0 Å². The van der Waals surface area contributed by atoms with Crippen molar-refractivity contribution in [3.63, 3.8) is 0 Å². The van der Waals surface area contributed by atoms with E-state index in [1.807, 2.05) is 18.2 Å². The largest absolute Gasteiger partial charge is 0.393 e. The van der Waals surface area contributed by atoms with Crippen molar-refractivity contribution in [2.45, 2.75) is 19.4 Å². The SMILES string of the molecule is CC(O)CCNC(=O)c1cc(I)ccc1Br. The molecule has 0 spiro atoms. The summed E-state index contributed by atoms with van der Waals surface area (Å²) >= 11 is 5.50. The summed E-state index contributed by atoms with van der Waals surface area (Å²) in [6, 6.07) is 5.60. The molecule has 2 N–H and O–H groups in total. The van der Waals surface area contributed by atoms with Crippen molar-refractivity contribution in [3.05, 3.63) is 31.8 Å². The molecular weight excluding hydrogens is 385 g/mol. The van der Waals surface area contributed by atoms with Crippen molar-refractivity contribution in [1.29, 1.82) is 0 Å². The Morgan fingerprint density at radius 1 is 1.62 bits per heavy atom. The number of aliphatic hydroxyl groups excluding tert-OH is 1. The average Bonchev–Trinajstić information content (AvgIpc) is 2.21. The van der Waals surface area contributed by atoms with Crippen LogP contribution in [0.15, 0.2) is 22.7 Å². The molecule has 88 valence electrons. The monoisotopic (exact) mass is 397 g/mol. The Morgan fingerprint density at radius 2 is 2.31 bits per heavy atom. The first-order valence-electron chi connectivity index (χ1n) is 4.92. The van der Waals surface area contributed by atoms with Gasteiger partial charge in [0.1, 0.15) is 0 Å². The van der Waals surface area contributed by atoms with Crippen molar-refractivity contribution in [2.24, 2.45) is 0 Å². The number of benzene rings is 1. The van der Waals surface area contributed by atoms with Crippen LogP contribution in [0.5, 0.6) is 0 Å². The molecule has 0 aliphatic carbocycles. The summed E-state index contributed by atoms with van der Waals surface area (Å²) in [5.74, 6) is -0.119. The van der Waals surface area contributed by atoms with Crippen molar-refractivity contribution in [1.82, 2.24) is 5.32 Å². The molecule has 5 heteroatoms. The van der Waals surface area contributed by atoms with Gasteiger partial charge in [0.15, 0.2) is 0 Å². The van der Waals surface area contributed by atoms with Crippen LogP contribution >= 0.6 is 38.5 Å². The molecule has 0 saturated heterocycles. The molecule has 1 atom stereocenters. The molecule has 1 aromatic carbocycles. The Hall–Kier alpha value is -0.140. The molecule has 1 rings (SSSR count). The van der Waals surface area contributed by atoms with Gasteiger partial charge in [-0.25, -0.2) is 0 Å². The minimum atomic E-state index is -0.389. The summed E-state index contributed by atoms with van der Waals surface area (Å²) in [7, 11) is 0. The maximum Gasteiger partial charge on any atom is 0.252 e. The van der Waals surface area contributed by atoms with Gasteiger partial charge in [0.2, 0.25) is 0 Å². The quantitative estimate of drug-likeness (QED) is 0.767. The first-order valence-corrected chi connectivity index (χ1v) is 6.79. The summed E-state index contributed by atoms with van der Waals surface area (Å²) in [6.07, 6.45) is 0.174. The number of aliphatic hydroxyl groups is 1. The third kappa shape index (κ3) is 4.39. The molecule has 0 aliphatic heterocycles. The lowest BCUT2D eigenvalue weighted by atomic mass is 10.2. The van der Waals surface area contributed by atoms with Gasteiger partial charge in [-0.3, -0.25) is 4.79 Å². The summed E-state index contributed by atoms with van der Waals surface area (Å²) in [5.41, 5.74) is 0.623. The van der Waals surface area contributed by atoms with Crippen molar-refractivity contribution >= 4 is 44.4 Å². The lowest BCUT2D eigenvalue weighted by Crippen LogP contribution is -2.26. The van der Waals surface area contributed by atoms with E-state index in [0.29, 0.717) is 18.5 Å². The Balaban J connectivity index is 2.62. The van der Waals surface area contributed by atoms with E-state index < -0.39 is 0 Å². The first kappa shape index (κ1) is 13.9. The van der Waals surface area contributed by atoms with Crippen LogP contribution in [0, 0.1) is 3.57 Å². The van der Waals surface area contributed by atoms with Gasteiger partial charge in [-0.15, -0.1) is 0 Å². The van der Waals surface area contributed by atoms with Crippen LogP contribution in [-0.2, 0) is 0 Å². The minimum Gasteiger partial charge on any atom is -0.393 e. The molecule has 0 bridgehead atoms. The van der Waals surface area contributed by atoms with E-state index in [1.165, 1.54) is 0 Å². The fraction of sp³-hybridized carbons (Fsp3) is 0.364. The maximum atomic E-state index is 11.8. The number of carbonyl (C=O) groups is 1. The number of halogens is 2. The normalized spacial score (nSPS) is 12.2. The second-order valence-electron chi connectivity index (χ2n) is 3.52. The third-order valence-electron chi connectivity index (χ3n) is 2.02. The molecule has 0 fully saturated rings. The van der Waals surface area contributed by atoms with Gasteiger partial charge >= 0.3 is 0 Å². The van der Waals surface area contributed by atoms with Gasteiger partial charge in [-0.2, -0.15) is 0 Å². The molecule has 1 amide bonds. The van der Waals surface area contributed by atoms with Crippen LogP contribution in [0.3, 0.4) is 0 Å². The van der Waals surface area contributed by atoms with E-state index in [2.05, 4.69) is 43.8 Å². The molecular formula is C11H13BrINO2. The van der Waals surface area contributed by atoms with Crippen LogP contribution < -0.4 is 5.32 Å². The predicted molar refractivity (Wildman–Crippen MR) is 75.5 cm³/mol. The van der Waals surface area contributed by atoms with Gasteiger partial charge in [-0.1, -0.05) is 0 Å². The number of nitrogens with one attached hydrogen (secondary N) is 1. The van der Waals surface area contributed by atoms with E-state index in [4.69, 9.17) is 5.11 Å². The van der Waals surface area contributed by atoms with Gasteiger partial charge < -0.3 is 10.4 Å². The number of amides is 1. The molecule has 0 saturated carbocycles. The summed E-state index contributed by atoms with van der Waals surface area (Å²) in [5, 5.41) is 11.8. The molecule has 3 nitrogen and oxygen atoms in total. The van der Waals surface area contributed by atoms with E-state index in [-0.39, 0.29) is 12.0 Å². The molecule has 0 radical (unpaired) electrons. The highest BCUT2D eigenvalue weighted by Crippen LogP contribution is 2.19. The fourth-order valence-electron chi connectivity index (χ4n) is 1.16. The highest BCUT2D eigenvalue weighted by atomic mass is 127. The molecule has 0 aromatic heterocycles. The molecule has 16 heavy (non-hydrogen) atoms. The maximum absolute atomic E-state index is 11.8. The highest BCUT2D eigenvalue weighted by Gasteiger charge is 2.10. The van der Waals surface area contributed by atoms with Gasteiger partial charge in [0.05, 0.1) is 11.7 Å². The van der Waals surface area contributed by atoms with Crippen LogP contribution in [0.1, 0.15) is 23.7 Å². The standard InChI is InChI=1S/C11H13BrINO2/c1-7(15)4-5-14-11(16)9-6-8(13)2-3-10(9)12/h2-3,6-7,15H,4-5H2,1H3,(H,14,16). The third-order valence-corrected chi connectivity index (χ3v) is 3.38. The van der Waals surface area contributed by atoms with Gasteiger partial charge in [0, 0.05) is 14.6 Å². The molecule has 0 aliphatic rings. The van der Waals surface area contributed by atoms with Crippen molar-refractivity contribution < 1.29 is 9.90 Å². The first-order chi connectivity index (χ1) is 7.50. The van der Waals surface area contributed by atoms with Gasteiger partial charge in [0.25, 0.3) is 5.91 Å². The zero-order chi connectivity index (χ0) is 12.1. The topological polar surface area (TPSA) is 49.3 Å². The second-order valence-corrected chi connectivity index (χ2v) is 5.62. The van der Waals surface area contributed by atoms with Crippen LogP contribution in [-0.4, -0.2) is 23.7 Å². The zero-order valence-corrected chi connectivity index (χ0v) is 12.6. The highest BCUT2D eigenvalue weighted by molar-refractivity contribution is 14.1. The predicted octanol–water partition coefficient (Wildman–Crippen LogP) is 2.55. The molecule has 1 unspecified atom stereocenters. The average molecular weight is 398 g/mol. The van der Waals surface area contributed by atoms with Gasteiger partial charge in [-0.05, 0) is 70.1 Å². The Morgan fingerprint density at radius 3 is 2.94 bits per heavy atom. The lowest BCUT2D eigenvalue weighted by molar-refractivity contribution is 0.0944. The minimum absolute atomic E-state index is 0.119. The van der Waals surface area contributed by atoms with E-state index in [1.54, 1.807) is 6.92 Å². The number of hydrogen-bond acceptors (Lipinski definition) is 2. The van der Waals surface area contributed by atoms with E-state index >= 15 is 0 Å². The van der Waals surface area contributed by atoms with Crippen LogP contribution in [0.2, 0.25) is 0 Å². The summed E-state index contributed by atoms with van der Waals surface area (Å²) < 4.78 is 1.80. The number of carbonyl (C=O) groups excluding carboxylic acids is 1. The Kier molecular flexibility index (Phi) is 5.71. The molecule has 0 heterocycles. The second kappa shape index (κ2) is 6.56. The van der Waals surface area contributed by atoms with Crippen LogP contribution in [0.4, 0.5) is 0 Å². The Bertz CT molecular complexity index is 382. The smallest absolute Gasteiger partial charge is 0.252 e. The van der Waals surface area contributed by atoms with Crippen molar-refractivity contribution in [2.75, 3.05) is 6.54 Å². The fourth-order valence-corrected chi connectivity index (χ4v) is 2.08. The van der Waals surface area contributed by atoms with Crippen LogP contribution in [0.25, 0.3) is 0 Å². The number of rotatable bonds is 4. The zero-order valence-electron chi connectivity index (χ0n) is 8.84.